The second kappa shape index (κ2) is 5.71. The van der Waals surface area contributed by atoms with E-state index in [-0.39, 0.29) is 0 Å². The van der Waals surface area contributed by atoms with Gasteiger partial charge in [-0.05, 0) is 0 Å². The molecule has 16 heavy (non-hydrogen) atoms. The van der Waals surface area contributed by atoms with Gasteiger partial charge in [-0.2, -0.15) is 0 Å². The van der Waals surface area contributed by atoms with Crippen molar-refractivity contribution in [3.05, 3.63) is 0 Å². The summed E-state index contributed by atoms with van der Waals surface area (Å²) in [6.45, 7) is 0. The van der Waals surface area contributed by atoms with Gasteiger partial charge in [-0.1, -0.05) is 0 Å². The predicted octanol–water partition coefficient (Wildman–Crippen LogP) is -1.58. The number of carbonyl (C=O) groups is 3. The molecule has 0 spiro atoms. The molecule has 0 aromatic carbocycles. The summed E-state index contributed by atoms with van der Waals surface area (Å²) < 4.78 is 3.80. The van der Waals surface area contributed by atoms with Crippen LogP contribution in [0.3, 0.4) is 0 Å². The van der Waals surface area contributed by atoms with E-state index in [1.165, 1.54) is 0 Å². The van der Waals surface area contributed by atoms with Crippen molar-refractivity contribution >= 4 is 26.5 Å². The van der Waals surface area contributed by atoms with E-state index in [9.17, 15) is 19.5 Å². The van der Waals surface area contributed by atoms with Gasteiger partial charge >= 0.3 is 26.5 Å². The average Bonchev–Trinajstić information content (AvgIpc) is 1.98. The number of carbonyl (C=O) groups excluding carboxylic acids is 1. The lowest BCUT2D eigenvalue weighted by atomic mass is 9.96. The van der Waals surface area contributed by atoms with Crippen molar-refractivity contribution in [2.24, 2.45) is 0 Å². The molecule has 0 aliphatic carbocycles. The lowest BCUT2D eigenvalue weighted by molar-refractivity contribution is -0.169. The Labute approximate surface area is 89.9 Å². The number of aliphatic hydroxyl groups is 1. The first-order chi connectivity index (χ1) is 7.17. The van der Waals surface area contributed by atoms with Crippen molar-refractivity contribution in [3.63, 3.8) is 0 Å². The number of rotatable bonds is 6. The van der Waals surface area contributed by atoms with E-state index in [0.717, 1.165) is 0 Å². The highest BCUT2D eigenvalue weighted by Crippen LogP contribution is 2.27. The Kier molecular flexibility index (Phi) is 5.25. The van der Waals surface area contributed by atoms with Crippen molar-refractivity contribution in [2.75, 3.05) is 0 Å². The smallest absolute Gasteiger partial charge is 0.393 e. The Morgan fingerprint density at radius 1 is 1.12 bits per heavy atom. The van der Waals surface area contributed by atoms with Crippen LogP contribution in [0, 0.1) is 0 Å². The Hall–Kier alpha value is -1.28. The van der Waals surface area contributed by atoms with Gasteiger partial charge in [0.25, 0.3) is 0 Å². The van der Waals surface area contributed by atoms with Crippen LogP contribution >= 0.6 is 8.60 Å². The molecular weight excluding hydrogens is 247 g/mol. The van der Waals surface area contributed by atoms with Crippen LogP contribution in [0.25, 0.3) is 0 Å². The zero-order valence-electron chi connectivity index (χ0n) is 7.73. The zero-order chi connectivity index (χ0) is 12.9. The number of hydrogen-bond donors (Lipinski definition) is 5. The summed E-state index contributed by atoms with van der Waals surface area (Å²) in [7, 11) is -3.03. The minimum atomic E-state index is -3.03. The molecule has 0 saturated carbocycles. The molecular formula is C6H9O9P. The molecule has 0 heterocycles. The summed E-state index contributed by atoms with van der Waals surface area (Å²) in [4.78, 5) is 48.1. The van der Waals surface area contributed by atoms with Crippen LogP contribution in [0.2, 0.25) is 0 Å². The van der Waals surface area contributed by atoms with Gasteiger partial charge in [-0.3, -0.25) is 9.59 Å². The number of carboxylic acid groups (broad SMARTS) is 2. The summed E-state index contributed by atoms with van der Waals surface area (Å²) in [6, 6.07) is 0. The van der Waals surface area contributed by atoms with Gasteiger partial charge in [0.1, 0.15) is 0 Å². The van der Waals surface area contributed by atoms with E-state index in [1.54, 1.807) is 0 Å². The summed E-state index contributed by atoms with van der Waals surface area (Å²) in [5.41, 5.74) is -2.84. The quantitative estimate of drug-likeness (QED) is 0.353. The zero-order valence-corrected chi connectivity index (χ0v) is 8.62. The second-order valence-electron chi connectivity index (χ2n) is 2.80. The third-order valence-electron chi connectivity index (χ3n) is 1.46. The van der Waals surface area contributed by atoms with Gasteiger partial charge in [-0.15, -0.1) is 0 Å². The molecule has 1 atom stereocenters. The molecule has 0 bridgehead atoms. The molecule has 10 heteroatoms. The van der Waals surface area contributed by atoms with E-state index in [4.69, 9.17) is 20.0 Å². The Morgan fingerprint density at radius 3 is 1.94 bits per heavy atom. The first-order valence-corrected chi connectivity index (χ1v) is 4.90. The van der Waals surface area contributed by atoms with Crippen LogP contribution in [-0.2, 0) is 18.9 Å². The van der Waals surface area contributed by atoms with Gasteiger partial charge in [0, 0.05) is 0 Å². The average molecular weight is 256 g/mol. The monoisotopic (exact) mass is 256 g/mol. The van der Waals surface area contributed by atoms with Crippen molar-refractivity contribution in [3.8, 4) is 0 Å². The molecule has 9 nitrogen and oxygen atoms in total. The topological polar surface area (TPSA) is 162 Å². The van der Waals surface area contributed by atoms with Gasteiger partial charge in [0.05, 0.1) is 12.8 Å². The fourth-order valence-electron chi connectivity index (χ4n) is 0.826. The summed E-state index contributed by atoms with van der Waals surface area (Å²) >= 11 is 0. The van der Waals surface area contributed by atoms with Crippen LogP contribution in [0.15, 0.2) is 0 Å². The molecule has 0 aliphatic heterocycles. The minimum Gasteiger partial charge on any atom is -0.481 e. The van der Waals surface area contributed by atoms with Crippen LogP contribution in [0.5, 0.6) is 0 Å². The number of aliphatic carboxylic acids is 2. The SMILES string of the molecule is O=C(O)CC(O)(CC(=O)OP(O)O)C(=O)O. The molecule has 5 N–H and O–H groups in total. The van der Waals surface area contributed by atoms with Crippen molar-refractivity contribution in [2.45, 2.75) is 18.4 Å². The lowest BCUT2D eigenvalue weighted by Crippen LogP contribution is -2.42. The van der Waals surface area contributed by atoms with Crippen LogP contribution in [-0.4, -0.2) is 48.6 Å². The maximum absolute atomic E-state index is 10.8. The third-order valence-corrected chi connectivity index (χ3v) is 1.83. The lowest BCUT2D eigenvalue weighted by Gasteiger charge is -2.19. The fourth-order valence-corrected chi connectivity index (χ4v) is 1.07. The normalized spacial score (nSPS) is 14.2. The molecule has 0 rings (SSSR count). The maximum Gasteiger partial charge on any atom is 0.393 e. The molecule has 0 radical (unpaired) electrons. The predicted molar refractivity (Wildman–Crippen MR) is 46.9 cm³/mol. The first kappa shape index (κ1) is 14.7. The van der Waals surface area contributed by atoms with Gasteiger partial charge in [-0.25, -0.2) is 4.79 Å². The van der Waals surface area contributed by atoms with Crippen LogP contribution in [0.4, 0.5) is 0 Å². The fraction of sp³-hybridized carbons (Fsp3) is 0.500. The van der Waals surface area contributed by atoms with Gasteiger partial charge < -0.3 is 29.6 Å². The molecule has 0 saturated heterocycles. The van der Waals surface area contributed by atoms with E-state index in [2.05, 4.69) is 4.52 Å². The van der Waals surface area contributed by atoms with Gasteiger partial charge in [0.15, 0.2) is 5.60 Å². The Morgan fingerprint density at radius 2 is 1.62 bits per heavy atom. The van der Waals surface area contributed by atoms with Crippen LogP contribution < -0.4 is 0 Å². The summed E-state index contributed by atoms with van der Waals surface area (Å²) in [5, 5.41) is 26.2. The van der Waals surface area contributed by atoms with Crippen molar-refractivity contribution in [1.29, 1.82) is 0 Å². The first-order valence-electron chi connectivity index (χ1n) is 3.73. The second-order valence-corrected chi connectivity index (χ2v) is 3.49. The third kappa shape index (κ3) is 4.99. The maximum atomic E-state index is 10.8. The molecule has 0 aromatic heterocycles. The standard InChI is InChI=1S/C6H9O9P/c7-3(8)1-6(12,5(10)11)2-4(9)15-16(13)14/h12-14H,1-2H2,(H,7,8)(H,10,11). The van der Waals surface area contributed by atoms with E-state index < -0.39 is 45.0 Å². The number of carboxylic acids is 2. The summed E-state index contributed by atoms with van der Waals surface area (Å²) in [5.74, 6) is -4.98. The number of hydrogen-bond acceptors (Lipinski definition) is 7. The molecule has 92 valence electrons. The largest absolute Gasteiger partial charge is 0.481 e. The van der Waals surface area contributed by atoms with Gasteiger partial charge in [0.2, 0.25) is 0 Å². The van der Waals surface area contributed by atoms with E-state index in [1.807, 2.05) is 0 Å². The van der Waals surface area contributed by atoms with Crippen molar-refractivity contribution in [1.82, 2.24) is 0 Å². The highest BCUT2D eigenvalue weighted by atomic mass is 31.2. The highest BCUT2D eigenvalue weighted by molar-refractivity contribution is 7.40. The molecule has 0 amide bonds. The minimum absolute atomic E-state index is 1.20. The van der Waals surface area contributed by atoms with E-state index >= 15 is 0 Å². The molecule has 0 aliphatic rings. The molecule has 1 unspecified atom stereocenters. The Balaban J connectivity index is 4.62. The van der Waals surface area contributed by atoms with Crippen molar-refractivity contribution < 1.29 is 44.0 Å². The van der Waals surface area contributed by atoms with Crippen LogP contribution in [0.1, 0.15) is 12.8 Å². The van der Waals surface area contributed by atoms with E-state index in [0.29, 0.717) is 0 Å². The Bertz CT molecular complexity index is 300. The highest BCUT2D eigenvalue weighted by Gasteiger charge is 2.41. The molecule has 0 aromatic rings. The molecule has 0 fully saturated rings. The summed E-state index contributed by atoms with van der Waals surface area (Å²) in [6.07, 6.45) is -2.42.